The minimum Gasteiger partial charge on any atom is -0.508 e. The highest BCUT2D eigenvalue weighted by molar-refractivity contribution is 5.86. The van der Waals surface area contributed by atoms with Crippen LogP contribution in [0.5, 0.6) is 23.0 Å². The second kappa shape index (κ2) is 11.3. The van der Waals surface area contributed by atoms with Gasteiger partial charge >= 0.3 is 0 Å². The Kier molecular flexibility index (Phi) is 7.36. The molecule has 4 heteroatoms. The predicted octanol–water partition coefficient (Wildman–Crippen LogP) is 8.88. The Hall–Kier alpha value is -5.48. The van der Waals surface area contributed by atoms with Crippen molar-refractivity contribution < 1.29 is 20.4 Å². The number of rotatable bonds is 4. The Morgan fingerprint density at radius 2 is 0.682 bits per heavy atom. The van der Waals surface area contributed by atoms with Gasteiger partial charge in [-0.15, -0.1) is 0 Å². The van der Waals surface area contributed by atoms with Crippen LogP contribution in [0.4, 0.5) is 0 Å². The molecule has 0 amide bonds. The first kappa shape index (κ1) is 28.6. The molecule has 0 aromatic heterocycles. The first-order valence-corrected chi connectivity index (χ1v) is 14.6. The summed E-state index contributed by atoms with van der Waals surface area (Å²) in [5, 5.41) is 38.3. The van der Waals surface area contributed by atoms with E-state index in [4.69, 9.17) is 0 Å². The van der Waals surface area contributed by atoms with Crippen molar-refractivity contribution in [3.05, 3.63) is 179 Å². The molecule has 218 valence electrons. The third kappa shape index (κ3) is 4.95. The van der Waals surface area contributed by atoms with Gasteiger partial charge in [-0.25, -0.2) is 0 Å². The fourth-order valence-corrected chi connectivity index (χ4v) is 6.37. The van der Waals surface area contributed by atoms with Gasteiger partial charge in [0.25, 0.3) is 0 Å². The maximum absolute atomic E-state index is 9.85. The van der Waals surface area contributed by atoms with Gasteiger partial charge in [0.15, 0.2) is 0 Å². The van der Waals surface area contributed by atoms with Gasteiger partial charge in [0.05, 0.1) is 5.41 Å². The summed E-state index contributed by atoms with van der Waals surface area (Å²) in [7, 11) is 0. The normalized spacial score (nSPS) is 12.9. The maximum Gasteiger partial charge on any atom is 0.115 e. The van der Waals surface area contributed by atoms with Crippen LogP contribution in [-0.2, 0) is 10.8 Å². The fraction of sp³-hybridized carbons (Fsp3) is 0.100. The van der Waals surface area contributed by atoms with Gasteiger partial charge in [0.2, 0.25) is 0 Å². The van der Waals surface area contributed by atoms with Gasteiger partial charge in [-0.1, -0.05) is 111 Å². The van der Waals surface area contributed by atoms with E-state index in [1.165, 1.54) is 22.3 Å². The van der Waals surface area contributed by atoms with Gasteiger partial charge in [0, 0.05) is 5.41 Å². The molecule has 0 spiro atoms. The van der Waals surface area contributed by atoms with Gasteiger partial charge in [0.1, 0.15) is 23.0 Å². The van der Waals surface area contributed by atoms with Crippen molar-refractivity contribution in [3.8, 4) is 34.1 Å². The van der Waals surface area contributed by atoms with Crippen LogP contribution in [0, 0.1) is 0 Å². The second-order valence-electron chi connectivity index (χ2n) is 11.7. The van der Waals surface area contributed by atoms with E-state index in [2.05, 4.69) is 62.4 Å². The third-order valence-corrected chi connectivity index (χ3v) is 8.73. The van der Waals surface area contributed by atoms with Crippen LogP contribution < -0.4 is 0 Å². The monoisotopic (exact) mass is 578 g/mol. The molecule has 0 saturated heterocycles. The summed E-state index contributed by atoms with van der Waals surface area (Å²) in [4.78, 5) is 0. The maximum atomic E-state index is 9.85. The van der Waals surface area contributed by atoms with E-state index in [1.54, 1.807) is 48.5 Å². The number of hydrogen-bond acceptors (Lipinski definition) is 4. The van der Waals surface area contributed by atoms with Crippen molar-refractivity contribution in [2.24, 2.45) is 0 Å². The first-order valence-electron chi connectivity index (χ1n) is 14.6. The highest BCUT2D eigenvalue weighted by Crippen LogP contribution is 2.56. The Morgan fingerprint density at radius 3 is 1.02 bits per heavy atom. The molecule has 0 saturated carbocycles. The molecule has 0 heterocycles. The summed E-state index contributed by atoms with van der Waals surface area (Å²) in [5.74, 6) is 1.05. The van der Waals surface area contributed by atoms with Gasteiger partial charge in [-0.3, -0.25) is 0 Å². The number of benzene rings is 6. The van der Waals surface area contributed by atoms with E-state index in [-0.39, 0.29) is 28.4 Å². The SMILES string of the molecule is CC(C)(c1ccc(O)cc1)c1ccc(O)cc1.Oc1ccc(C2(c3ccc(O)cc3)c3ccccc3-c3ccccc32)cc1. The van der Waals surface area contributed by atoms with Crippen molar-refractivity contribution in [1.29, 1.82) is 0 Å². The molecule has 1 aliphatic carbocycles. The smallest absolute Gasteiger partial charge is 0.115 e. The lowest BCUT2D eigenvalue weighted by atomic mass is 9.68. The quantitative estimate of drug-likeness (QED) is 0.168. The molecule has 6 aromatic carbocycles. The average Bonchev–Trinajstić information content (AvgIpc) is 3.34. The number of aromatic hydroxyl groups is 4. The number of fused-ring (bicyclic) bond motifs is 3. The highest BCUT2D eigenvalue weighted by Gasteiger charge is 2.45. The molecule has 0 fully saturated rings. The Bertz CT molecular complexity index is 1750. The summed E-state index contributed by atoms with van der Waals surface area (Å²) >= 11 is 0. The van der Waals surface area contributed by atoms with Crippen molar-refractivity contribution in [3.63, 3.8) is 0 Å². The van der Waals surface area contributed by atoms with Crippen molar-refractivity contribution in [2.45, 2.75) is 24.7 Å². The van der Waals surface area contributed by atoms with Crippen LogP contribution in [0.15, 0.2) is 146 Å². The molecule has 44 heavy (non-hydrogen) atoms. The standard InChI is InChI=1S/C25H18O2.C15H16O2/c26-19-13-9-17(10-14-19)25(18-11-15-20(27)16-12-18)23-7-3-1-5-21(23)22-6-2-4-8-24(22)25;1-15(2,11-3-7-13(16)8-4-11)12-5-9-14(17)10-6-12/h1-16,26-27H;3-10,16-17H,1-2H3. The van der Waals surface area contributed by atoms with E-state index in [0.717, 1.165) is 22.3 Å². The molecule has 4 nitrogen and oxygen atoms in total. The van der Waals surface area contributed by atoms with Gasteiger partial charge in [-0.2, -0.15) is 0 Å². The van der Waals surface area contributed by atoms with E-state index < -0.39 is 5.41 Å². The molecule has 0 aliphatic heterocycles. The van der Waals surface area contributed by atoms with Crippen molar-refractivity contribution >= 4 is 0 Å². The predicted molar refractivity (Wildman–Crippen MR) is 175 cm³/mol. The van der Waals surface area contributed by atoms with Crippen LogP contribution >= 0.6 is 0 Å². The summed E-state index contributed by atoms with van der Waals surface area (Å²) in [6, 6.07) is 46.3. The van der Waals surface area contributed by atoms with E-state index in [9.17, 15) is 20.4 Å². The average molecular weight is 579 g/mol. The molecular weight excluding hydrogens is 544 g/mol. The van der Waals surface area contributed by atoms with E-state index >= 15 is 0 Å². The first-order chi connectivity index (χ1) is 21.2. The number of hydrogen-bond donors (Lipinski definition) is 4. The van der Waals surface area contributed by atoms with E-state index in [1.807, 2.05) is 48.5 Å². The highest BCUT2D eigenvalue weighted by atomic mass is 16.3. The minimum absolute atomic E-state index is 0.151. The van der Waals surface area contributed by atoms with Gasteiger partial charge < -0.3 is 20.4 Å². The molecule has 0 radical (unpaired) electrons. The zero-order valence-electron chi connectivity index (χ0n) is 24.6. The Balaban J connectivity index is 0.000000174. The zero-order valence-corrected chi connectivity index (χ0v) is 24.6. The molecular formula is C40H34O4. The van der Waals surface area contributed by atoms with Crippen LogP contribution in [-0.4, -0.2) is 20.4 Å². The summed E-state index contributed by atoms with van der Waals surface area (Å²) < 4.78 is 0. The molecule has 6 aromatic rings. The topological polar surface area (TPSA) is 80.9 Å². The van der Waals surface area contributed by atoms with Crippen molar-refractivity contribution in [1.82, 2.24) is 0 Å². The largest absolute Gasteiger partial charge is 0.508 e. The molecule has 4 N–H and O–H groups in total. The minimum atomic E-state index is -0.491. The molecule has 0 atom stereocenters. The third-order valence-electron chi connectivity index (χ3n) is 8.73. The second-order valence-corrected chi connectivity index (χ2v) is 11.7. The summed E-state index contributed by atoms with van der Waals surface area (Å²) in [6.45, 7) is 4.23. The summed E-state index contributed by atoms with van der Waals surface area (Å²) in [5.41, 5.74) is 8.64. The molecule has 7 rings (SSSR count). The van der Waals surface area contributed by atoms with Crippen LogP contribution in [0.2, 0.25) is 0 Å². The molecule has 1 aliphatic rings. The Labute approximate surface area is 257 Å². The van der Waals surface area contributed by atoms with Crippen LogP contribution in [0.25, 0.3) is 11.1 Å². The van der Waals surface area contributed by atoms with E-state index in [0.29, 0.717) is 0 Å². The molecule has 0 unspecified atom stereocenters. The van der Waals surface area contributed by atoms with Crippen LogP contribution in [0.1, 0.15) is 47.2 Å². The van der Waals surface area contributed by atoms with Crippen LogP contribution in [0.3, 0.4) is 0 Å². The number of phenolic OH excluding ortho intramolecular Hbond substituents is 4. The summed E-state index contributed by atoms with van der Waals surface area (Å²) in [6.07, 6.45) is 0. The Morgan fingerprint density at radius 1 is 0.386 bits per heavy atom. The lowest BCUT2D eigenvalue weighted by molar-refractivity contribution is 0.473. The molecule has 0 bridgehead atoms. The zero-order chi connectivity index (χ0) is 30.9. The number of phenols is 4. The lowest BCUT2D eigenvalue weighted by Gasteiger charge is -2.33. The fourth-order valence-electron chi connectivity index (χ4n) is 6.37. The van der Waals surface area contributed by atoms with Gasteiger partial charge in [-0.05, 0) is 93.0 Å². The van der Waals surface area contributed by atoms with Crippen molar-refractivity contribution in [2.75, 3.05) is 0 Å². The lowest BCUT2D eigenvalue weighted by Crippen LogP contribution is -2.28.